The van der Waals surface area contributed by atoms with Crippen LogP contribution in [0.25, 0.3) is 0 Å². The molecule has 0 heterocycles. The molecule has 0 atom stereocenters. The van der Waals surface area contributed by atoms with Crippen molar-refractivity contribution in [2.45, 2.75) is 6.54 Å². The van der Waals surface area contributed by atoms with Gasteiger partial charge in [0, 0.05) is 26.7 Å². The zero-order chi connectivity index (χ0) is 22.3. The molecular formula is C20H21N3O7. The molecule has 0 aliphatic rings. The molecular weight excluding hydrogens is 394 g/mol. The number of hydrogen-bond donors (Lipinski definition) is 1. The third kappa shape index (κ3) is 5.77. The Morgan fingerprint density at radius 1 is 1.03 bits per heavy atom. The van der Waals surface area contributed by atoms with Crippen LogP contribution in [0.4, 0.5) is 11.4 Å². The standard InChI is InChI=1S/C20H21N3O7/c1-22(2)16-9-8-15(10-17(16)23(27)28)20(26)30-12-18(24)21-11-13-4-6-14(7-5-13)19(25)29-3/h4-10H,11-12H2,1-3H3,(H,21,24). The second-order valence-corrected chi connectivity index (χ2v) is 6.40. The Morgan fingerprint density at radius 3 is 2.23 bits per heavy atom. The summed E-state index contributed by atoms with van der Waals surface area (Å²) >= 11 is 0. The van der Waals surface area contributed by atoms with Gasteiger partial charge in [-0.3, -0.25) is 14.9 Å². The van der Waals surface area contributed by atoms with Gasteiger partial charge >= 0.3 is 11.9 Å². The van der Waals surface area contributed by atoms with Gasteiger partial charge in [-0.05, 0) is 29.8 Å². The lowest BCUT2D eigenvalue weighted by atomic mass is 10.1. The van der Waals surface area contributed by atoms with Crippen LogP contribution >= 0.6 is 0 Å². The lowest BCUT2D eigenvalue weighted by molar-refractivity contribution is -0.384. The topological polar surface area (TPSA) is 128 Å². The van der Waals surface area contributed by atoms with Crippen molar-refractivity contribution >= 4 is 29.2 Å². The number of nitrogens with zero attached hydrogens (tertiary/aromatic N) is 2. The normalized spacial score (nSPS) is 10.1. The van der Waals surface area contributed by atoms with Crippen molar-refractivity contribution < 1.29 is 28.8 Å². The molecule has 10 nitrogen and oxygen atoms in total. The van der Waals surface area contributed by atoms with Crippen molar-refractivity contribution in [2.24, 2.45) is 0 Å². The number of carbonyl (C=O) groups excluding carboxylic acids is 3. The van der Waals surface area contributed by atoms with Gasteiger partial charge in [-0.1, -0.05) is 12.1 Å². The van der Waals surface area contributed by atoms with Crippen LogP contribution in [-0.4, -0.2) is 50.6 Å². The Morgan fingerprint density at radius 2 is 1.67 bits per heavy atom. The monoisotopic (exact) mass is 415 g/mol. The van der Waals surface area contributed by atoms with E-state index in [2.05, 4.69) is 10.1 Å². The Labute approximate surface area is 172 Å². The molecule has 0 radical (unpaired) electrons. The summed E-state index contributed by atoms with van der Waals surface area (Å²) in [7, 11) is 4.58. The molecule has 30 heavy (non-hydrogen) atoms. The predicted molar refractivity (Wildman–Crippen MR) is 107 cm³/mol. The number of nitrogens with one attached hydrogen (secondary N) is 1. The van der Waals surface area contributed by atoms with Gasteiger partial charge in [0.05, 0.1) is 23.2 Å². The van der Waals surface area contributed by atoms with Crippen LogP contribution in [0.5, 0.6) is 0 Å². The van der Waals surface area contributed by atoms with Crippen LogP contribution in [0.1, 0.15) is 26.3 Å². The van der Waals surface area contributed by atoms with Crippen molar-refractivity contribution in [2.75, 3.05) is 32.7 Å². The lowest BCUT2D eigenvalue weighted by Gasteiger charge is -2.13. The number of carbonyl (C=O) groups is 3. The molecule has 0 aliphatic heterocycles. The van der Waals surface area contributed by atoms with Gasteiger partial charge in [0.2, 0.25) is 0 Å². The van der Waals surface area contributed by atoms with E-state index in [1.165, 1.54) is 19.2 Å². The number of ether oxygens (including phenoxy) is 2. The number of rotatable bonds is 8. The first-order valence-corrected chi connectivity index (χ1v) is 8.79. The summed E-state index contributed by atoms with van der Waals surface area (Å²) in [5.74, 6) is -1.85. The Hall–Kier alpha value is -3.95. The van der Waals surface area contributed by atoms with E-state index in [0.29, 0.717) is 11.3 Å². The predicted octanol–water partition coefficient (Wildman–Crippen LogP) is 1.92. The van der Waals surface area contributed by atoms with Crippen LogP contribution in [0.15, 0.2) is 42.5 Å². The second kappa shape index (κ2) is 10.0. The summed E-state index contributed by atoms with van der Waals surface area (Å²) in [6.45, 7) is -0.372. The minimum absolute atomic E-state index is 0.0292. The number of nitro benzene ring substituents is 1. The maximum Gasteiger partial charge on any atom is 0.338 e. The van der Waals surface area contributed by atoms with Gasteiger partial charge in [-0.15, -0.1) is 0 Å². The van der Waals surface area contributed by atoms with Crippen LogP contribution in [0.3, 0.4) is 0 Å². The smallest absolute Gasteiger partial charge is 0.338 e. The molecule has 0 unspecified atom stereocenters. The summed E-state index contributed by atoms with van der Waals surface area (Å²) in [4.78, 5) is 47.6. The van der Waals surface area contributed by atoms with Crippen LogP contribution in [-0.2, 0) is 20.8 Å². The average Bonchev–Trinajstić information content (AvgIpc) is 2.75. The van der Waals surface area contributed by atoms with Crippen LogP contribution < -0.4 is 10.2 Å². The van der Waals surface area contributed by atoms with Gasteiger partial charge in [0.25, 0.3) is 11.6 Å². The zero-order valence-corrected chi connectivity index (χ0v) is 16.7. The first-order valence-electron chi connectivity index (χ1n) is 8.79. The summed E-state index contributed by atoms with van der Waals surface area (Å²) in [5, 5.41) is 13.8. The molecule has 2 aromatic rings. The fourth-order valence-corrected chi connectivity index (χ4v) is 2.52. The fraction of sp³-hybridized carbons (Fsp3) is 0.250. The van der Waals surface area contributed by atoms with Gasteiger partial charge < -0.3 is 19.7 Å². The van der Waals surface area contributed by atoms with E-state index in [1.807, 2.05) is 0 Å². The Bertz CT molecular complexity index is 955. The molecule has 0 fully saturated rings. The molecule has 158 valence electrons. The molecule has 0 aliphatic carbocycles. The molecule has 0 spiro atoms. The molecule has 2 rings (SSSR count). The molecule has 0 saturated carbocycles. The summed E-state index contributed by atoms with van der Waals surface area (Å²) in [5.41, 5.74) is 1.19. The number of hydrogen-bond acceptors (Lipinski definition) is 8. The SMILES string of the molecule is COC(=O)c1ccc(CNC(=O)COC(=O)c2ccc(N(C)C)c([N+](=O)[O-])c2)cc1. The number of esters is 2. The van der Waals surface area contributed by atoms with Gasteiger partial charge in [0.1, 0.15) is 5.69 Å². The van der Waals surface area contributed by atoms with Crippen molar-refractivity contribution in [1.82, 2.24) is 5.32 Å². The van der Waals surface area contributed by atoms with Crippen LogP contribution in [0, 0.1) is 10.1 Å². The van der Waals surface area contributed by atoms with E-state index in [4.69, 9.17) is 4.74 Å². The van der Waals surface area contributed by atoms with E-state index in [-0.39, 0.29) is 17.8 Å². The minimum Gasteiger partial charge on any atom is -0.465 e. The number of amides is 1. The maximum absolute atomic E-state index is 12.1. The summed E-state index contributed by atoms with van der Waals surface area (Å²) in [6.07, 6.45) is 0. The first-order chi connectivity index (χ1) is 14.2. The van der Waals surface area contributed by atoms with E-state index in [9.17, 15) is 24.5 Å². The lowest BCUT2D eigenvalue weighted by Crippen LogP contribution is -2.28. The first kappa shape index (κ1) is 22.3. The highest BCUT2D eigenvalue weighted by Crippen LogP contribution is 2.27. The largest absolute Gasteiger partial charge is 0.465 e. The van der Waals surface area contributed by atoms with E-state index < -0.39 is 29.4 Å². The second-order valence-electron chi connectivity index (χ2n) is 6.40. The van der Waals surface area contributed by atoms with Gasteiger partial charge in [-0.2, -0.15) is 0 Å². The maximum atomic E-state index is 12.1. The number of benzene rings is 2. The minimum atomic E-state index is -0.846. The molecule has 0 saturated heterocycles. The van der Waals surface area contributed by atoms with Crippen LogP contribution in [0.2, 0.25) is 0 Å². The highest BCUT2D eigenvalue weighted by atomic mass is 16.6. The van der Waals surface area contributed by atoms with Gasteiger partial charge in [0.15, 0.2) is 6.61 Å². The average molecular weight is 415 g/mol. The van der Waals surface area contributed by atoms with E-state index in [0.717, 1.165) is 11.6 Å². The third-order valence-electron chi connectivity index (χ3n) is 4.09. The van der Waals surface area contributed by atoms with Crippen molar-refractivity contribution in [3.63, 3.8) is 0 Å². The summed E-state index contributed by atoms with van der Waals surface area (Å²) in [6, 6.07) is 10.4. The molecule has 1 amide bonds. The zero-order valence-electron chi connectivity index (χ0n) is 16.7. The molecule has 0 aromatic heterocycles. The molecule has 0 bridgehead atoms. The van der Waals surface area contributed by atoms with Gasteiger partial charge in [-0.25, -0.2) is 9.59 Å². The van der Waals surface area contributed by atoms with Crippen molar-refractivity contribution in [3.8, 4) is 0 Å². The van der Waals surface area contributed by atoms with Crippen molar-refractivity contribution in [3.05, 3.63) is 69.3 Å². The highest BCUT2D eigenvalue weighted by molar-refractivity contribution is 5.93. The van der Waals surface area contributed by atoms with E-state index >= 15 is 0 Å². The van der Waals surface area contributed by atoms with E-state index in [1.54, 1.807) is 43.3 Å². The fourth-order valence-electron chi connectivity index (χ4n) is 2.52. The number of anilines is 1. The third-order valence-corrected chi connectivity index (χ3v) is 4.09. The Balaban J connectivity index is 1.90. The molecule has 2 aromatic carbocycles. The number of nitro groups is 1. The molecule has 1 N–H and O–H groups in total. The quantitative estimate of drug-likeness (QED) is 0.393. The summed E-state index contributed by atoms with van der Waals surface area (Å²) < 4.78 is 9.54. The van der Waals surface area contributed by atoms with Crippen molar-refractivity contribution in [1.29, 1.82) is 0 Å². The Kier molecular flexibility index (Phi) is 7.45. The number of methoxy groups -OCH3 is 1. The highest BCUT2D eigenvalue weighted by Gasteiger charge is 2.20. The molecule has 10 heteroatoms.